The van der Waals surface area contributed by atoms with Crippen LogP contribution in [0, 0.1) is 5.92 Å². The van der Waals surface area contributed by atoms with Gasteiger partial charge in [-0.2, -0.15) is 0 Å². The second kappa shape index (κ2) is 2.47. The quantitative estimate of drug-likeness (QED) is 0.632. The van der Waals surface area contributed by atoms with Crippen LogP contribution in [-0.4, -0.2) is 36.0 Å². The highest BCUT2D eigenvalue weighted by molar-refractivity contribution is 5.88. The minimum absolute atomic E-state index is 0.102. The van der Waals surface area contributed by atoms with Crippen LogP contribution in [0.15, 0.2) is 0 Å². The van der Waals surface area contributed by atoms with E-state index in [1.807, 2.05) is 0 Å². The molecule has 3 saturated heterocycles. The van der Waals surface area contributed by atoms with E-state index in [2.05, 4.69) is 10.2 Å². The van der Waals surface area contributed by atoms with Crippen molar-refractivity contribution in [3.05, 3.63) is 0 Å². The zero-order chi connectivity index (χ0) is 8.89. The summed E-state index contributed by atoms with van der Waals surface area (Å²) in [5.74, 6) is 1.19. The van der Waals surface area contributed by atoms with Gasteiger partial charge in [0.25, 0.3) is 0 Å². The number of carbonyl (C=O) groups excluding carboxylic acids is 1. The fourth-order valence-corrected chi connectivity index (χ4v) is 3.03. The van der Waals surface area contributed by atoms with Crippen molar-refractivity contribution >= 4 is 5.91 Å². The molecule has 0 aromatic heterocycles. The molecule has 1 aliphatic carbocycles. The smallest absolute Gasteiger partial charge is 0.242 e. The molecule has 0 radical (unpaired) electrons. The Balaban J connectivity index is 1.74. The lowest BCUT2D eigenvalue weighted by atomic mass is 9.73. The van der Waals surface area contributed by atoms with Crippen LogP contribution < -0.4 is 5.32 Å². The van der Waals surface area contributed by atoms with Gasteiger partial charge in [0, 0.05) is 13.1 Å². The van der Waals surface area contributed by atoms with Crippen LogP contribution in [0.4, 0.5) is 0 Å². The van der Waals surface area contributed by atoms with Crippen molar-refractivity contribution in [2.45, 2.75) is 31.2 Å². The first-order valence-corrected chi connectivity index (χ1v) is 5.35. The van der Waals surface area contributed by atoms with Crippen LogP contribution in [0.1, 0.15) is 25.7 Å². The highest BCUT2D eigenvalue weighted by Crippen LogP contribution is 2.44. The molecule has 4 fully saturated rings. The molecule has 3 aliphatic heterocycles. The van der Waals surface area contributed by atoms with E-state index in [1.165, 1.54) is 12.8 Å². The Kier molecular flexibility index (Phi) is 1.48. The summed E-state index contributed by atoms with van der Waals surface area (Å²) in [5, 5.41) is 3.39. The first-order valence-electron chi connectivity index (χ1n) is 5.35. The molecule has 2 bridgehead atoms. The minimum atomic E-state index is -0.102. The molecule has 1 amide bonds. The number of likely N-dealkylation sites (tertiary alicyclic amines) is 1. The summed E-state index contributed by atoms with van der Waals surface area (Å²) in [6, 6.07) is 0. The van der Waals surface area contributed by atoms with Gasteiger partial charge >= 0.3 is 0 Å². The zero-order valence-corrected chi connectivity index (χ0v) is 7.88. The van der Waals surface area contributed by atoms with E-state index < -0.39 is 0 Å². The van der Waals surface area contributed by atoms with Gasteiger partial charge in [-0.3, -0.25) is 4.79 Å². The van der Waals surface area contributed by atoms with E-state index >= 15 is 0 Å². The van der Waals surface area contributed by atoms with Crippen molar-refractivity contribution in [2.75, 3.05) is 19.6 Å². The summed E-state index contributed by atoms with van der Waals surface area (Å²) in [4.78, 5) is 14.1. The van der Waals surface area contributed by atoms with Crippen molar-refractivity contribution < 1.29 is 4.79 Å². The number of fused-ring (bicyclic) bond motifs is 1. The van der Waals surface area contributed by atoms with Gasteiger partial charge in [0.05, 0.1) is 5.54 Å². The predicted molar refractivity (Wildman–Crippen MR) is 49.3 cm³/mol. The standard InChI is InChI=1S/C10H16N2O/c13-9(12-3-1-2-4-12)10-5-8(6-10)7-11-10/h8,11H,1-7H2. The van der Waals surface area contributed by atoms with E-state index in [0.29, 0.717) is 5.91 Å². The summed E-state index contributed by atoms with van der Waals surface area (Å²) >= 11 is 0. The molecule has 3 heterocycles. The van der Waals surface area contributed by atoms with Gasteiger partial charge in [0.2, 0.25) is 5.91 Å². The SMILES string of the molecule is O=C(N1CCCC1)C12CC(CN1)C2. The molecular formula is C10H16N2O. The summed E-state index contributed by atoms with van der Waals surface area (Å²) in [5.41, 5.74) is -0.102. The lowest BCUT2D eigenvalue weighted by Gasteiger charge is -2.38. The van der Waals surface area contributed by atoms with Crippen LogP contribution in [0.2, 0.25) is 0 Å². The minimum Gasteiger partial charge on any atom is -0.341 e. The van der Waals surface area contributed by atoms with Gasteiger partial charge < -0.3 is 10.2 Å². The molecule has 0 aromatic rings. The first-order chi connectivity index (χ1) is 6.30. The van der Waals surface area contributed by atoms with Gasteiger partial charge in [-0.05, 0) is 38.1 Å². The molecule has 72 valence electrons. The van der Waals surface area contributed by atoms with Crippen molar-refractivity contribution in [3.63, 3.8) is 0 Å². The first kappa shape index (κ1) is 7.80. The Hall–Kier alpha value is -0.570. The van der Waals surface area contributed by atoms with E-state index in [9.17, 15) is 4.79 Å². The molecule has 1 N–H and O–H groups in total. The molecule has 4 rings (SSSR count). The third-order valence-corrected chi connectivity index (χ3v) is 3.81. The number of nitrogens with one attached hydrogen (secondary N) is 1. The normalized spacial score (nSPS) is 42.2. The van der Waals surface area contributed by atoms with Gasteiger partial charge in [-0.25, -0.2) is 0 Å². The maximum Gasteiger partial charge on any atom is 0.242 e. The number of hydrogen-bond acceptors (Lipinski definition) is 2. The van der Waals surface area contributed by atoms with Crippen molar-refractivity contribution in [3.8, 4) is 0 Å². The van der Waals surface area contributed by atoms with Gasteiger partial charge in [0.15, 0.2) is 0 Å². The number of rotatable bonds is 1. The van der Waals surface area contributed by atoms with Crippen molar-refractivity contribution in [2.24, 2.45) is 5.92 Å². The number of hydrogen-bond donors (Lipinski definition) is 1. The molecular weight excluding hydrogens is 164 g/mol. The molecule has 0 unspecified atom stereocenters. The van der Waals surface area contributed by atoms with E-state index in [1.54, 1.807) is 0 Å². The Labute approximate surface area is 78.5 Å². The largest absolute Gasteiger partial charge is 0.341 e. The maximum absolute atomic E-state index is 12.1. The fourth-order valence-electron chi connectivity index (χ4n) is 3.03. The number of amides is 1. The van der Waals surface area contributed by atoms with Crippen LogP contribution >= 0.6 is 0 Å². The molecule has 1 saturated carbocycles. The molecule has 4 aliphatic rings. The van der Waals surface area contributed by atoms with Crippen LogP contribution in [0.3, 0.4) is 0 Å². The highest BCUT2D eigenvalue weighted by Gasteiger charge is 2.56. The second-order valence-corrected chi connectivity index (χ2v) is 4.74. The average Bonchev–Trinajstić information content (AvgIpc) is 2.78. The van der Waals surface area contributed by atoms with Crippen LogP contribution in [-0.2, 0) is 4.79 Å². The third-order valence-electron chi connectivity index (χ3n) is 3.81. The number of carbonyl (C=O) groups is 1. The topological polar surface area (TPSA) is 32.3 Å². The second-order valence-electron chi connectivity index (χ2n) is 4.74. The average molecular weight is 180 g/mol. The highest BCUT2D eigenvalue weighted by atomic mass is 16.2. The third kappa shape index (κ3) is 0.966. The molecule has 13 heavy (non-hydrogen) atoms. The van der Waals surface area contributed by atoms with Gasteiger partial charge in [0.1, 0.15) is 0 Å². The Morgan fingerprint density at radius 3 is 2.54 bits per heavy atom. The Morgan fingerprint density at radius 2 is 2.00 bits per heavy atom. The molecule has 0 spiro atoms. The monoisotopic (exact) mass is 180 g/mol. The van der Waals surface area contributed by atoms with Crippen LogP contribution in [0.5, 0.6) is 0 Å². The lowest BCUT2D eigenvalue weighted by Crippen LogP contribution is -2.56. The Bertz CT molecular complexity index is 234. The zero-order valence-electron chi connectivity index (χ0n) is 7.88. The molecule has 0 atom stereocenters. The Morgan fingerprint density at radius 1 is 1.31 bits per heavy atom. The van der Waals surface area contributed by atoms with Crippen LogP contribution in [0.25, 0.3) is 0 Å². The summed E-state index contributed by atoms with van der Waals surface area (Å²) < 4.78 is 0. The lowest BCUT2D eigenvalue weighted by molar-refractivity contribution is -0.139. The van der Waals surface area contributed by atoms with E-state index in [-0.39, 0.29) is 5.54 Å². The summed E-state index contributed by atoms with van der Waals surface area (Å²) in [6.07, 6.45) is 4.60. The summed E-state index contributed by atoms with van der Waals surface area (Å²) in [7, 11) is 0. The fraction of sp³-hybridized carbons (Fsp3) is 0.900. The van der Waals surface area contributed by atoms with E-state index in [4.69, 9.17) is 0 Å². The molecule has 3 nitrogen and oxygen atoms in total. The van der Waals surface area contributed by atoms with E-state index in [0.717, 1.165) is 38.4 Å². The molecule has 0 aromatic carbocycles. The predicted octanol–water partition coefficient (Wildman–Crippen LogP) is 0.361. The maximum atomic E-state index is 12.1. The van der Waals surface area contributed by atoms with Crippen molar-refractivity contribution in [1.82, 2.24) is 10.2 Å². The van der Waals surface area contributed by atoms with Crippen molar-refractivity contribution in [1.29, 1.82) is 0 Å². The molecule has 3 heteroatoms. The van der Waals surface area contributed by atoms with Gasteiger partial charge in [-0.1, -0.05) is 0 Å². The number of nitrogens with zero attached hydrogens (tertiary/aromatic N) is 1. The summed E-state index contributed by atoms with van der Waals surface area (Å²) in [6.45, 7) is 3.06. The van der Waals surface area contributed by atoms with Gasteiger partial charge in [-0.15, -0.1) is 0 Å².